The lowest BCUT2D eigenvalue weighted by Crippen LogP contribution is -2.38. The van der Waals surface area contributed by atoms with Crippen molar-refractivity contribution in [3.8, 4) is 5.75 Å². The van der Waals surface area contributed by atoms with Crippen LogP contribution in [0.5, 0.6) is 5.75 Å². The minimum atomic E-state index is -0.0193. The van der Waals surface area contributed by atoms with E-state index < -0.39 is 0 Å². The fourth-order valence-corrected chi connectivity index (χ4v) is 3.55. The summed E-state index contributed by atoms with van der Waals surface area (Å²) in [7, 11) is 5.58. The summed E-state index contributed by atoms with van der Waals surface area (Å²) in [4.78, 5) is 29.6. The average Bonchev–Trinajstić information content (AvgIpc) is 3.62. The predicted molar refractivity (Wildman–Crippen MR) is 125 cm³/mol. The number of hydrogen-bond donors (Lipinski definition) is 1. The van der Waals surface area contributed by atoms with Crippen molar-refractivity contribution >= 4 is 23.2 Å². The third kappa shape index (κ3) is 5.57. The normalized spacial score (nSPS) is 14.0. The second-order valence-corrected chi connectivity index (χ2v) is 8.42. The van der Waals surface area contributed by atoms with Crippen LogP contribution in [0, 0.1) is 5.92 Å². The fourth-order valence-electron chi connectivity index (χ4n) is 3.55. The molecule has 1 fully saturated rings. The van der Waals surface area contributed by atoms with Gasteiger partial charge in [-0.2, -0.15) is 0 Å². The van der Waals surface area contributed by atoms with E-state index in [-0.39, 0.29) is 23.8 Å². The van der Waals surface area contributed by atoms with E-state index in [1.165, 1.54) is 0 Å². The van der Waals surface area contributed by atoms with Gasteiger partial charge < -0.3 is 19.9 Å². The van der Waals surface area contributed by atoms with Gasteiger partial charge in [-0.15, -0.1) is 0 Å². The van der Waals surface area contributed by atoms with Crippen molar-refractivity contribution in [2.24, 2.45) is 5.92 Å². The number of nitrogens with one attached hydrogen (secondary N) is 1. The molecular formula is C25H33N3O3. The Morgan fingerprint density at radius 3 is 2.35 bits per heavy atom. The Morgan fingerprint density at radius 2 is 1.81 bits per heavy atom. The van der Waals surface area contributed by atoms with E-state index in [1.807, 2.05) is 42.1 Å². The number of ether oxygens (including phenoxy) is 1. The van der Waals surface area contributed by atoms with Crippen molar-refractivity contribution in [3.63, 3.8) is 0 Å². The molecule has 3 rings (SSSR count). The maximum atomic E-state index is 13.4. The van der Waals surface area contributed by atoms with Crippen molar-refractivity contribution in [3.05, 3.63) is 53.6 Å². The third-order valence-electron chi connectivity index (χ3n) is 5.84. The molecule has 0 aliphatic heterocycles. The quantitative estimate of drug-likeness (QED) is 0.643. The molecule has 1 unspecified atom stereocenters. The van der Waals surface area contributed by atoms with Crippen LogP contribution in [-0.2, 0) is 11.3 Å². The summed E-state index contributed by atoms with van der Waals surface area (Å²) in [6.45, 7) is 4.61. The first-order chi connectivity index (χ1) is 14.8. The highest BCUT2D eigenvalue weighted by Crippen LogP contribution is 2.31. The predicted octanol–water partition coefficient (Wildman–Crippen LogP) is 4.55. The van der Waals surface area contributed by atoms with Crippen molar-refractivity contribution < 1.29 is 14.3 Å². The van der Waals surface area contributed by atoms with Crippen LogP contribution >= 0.6 is 0 Å². The van der Waals surface area contributed by atoms with Gasteiger partial charge in [-0.05, 0) is 74.2 Å². The van der Waals surface area contributed by atoms with Crippen LogP contribution < -0.4 is 15.0 Å². The van der Waals surface area contributed by atoms with Gasteiger partial charge in [0.1, 0.15) is 5.75 Å². The van der Waals surface area contributed by atoms with Gasteiger partial charge in [0, 0.05) is 49.5 Å². The first-order valence-corrected chi connectivity index (χ1v) is 10.9. The first kappa shape index (κ1) is 22.7. The number of anilines is 2. The molecular weight excluding hydrogens is 390 g/mol. The second kappa shape index (κ2) is 9.86. The standard InChI is InChI=1S/C25H33N3O3/c1-6-17(2)28(25(30)19-9-12-22(31-5)13-10-19)16-20-15-21(11-14-23(20)27(3)4)26-24(29)18-7-8-18/h9-15,17-18H,6-8,16H2,1-5H3,(H,26,29). The topological polar surface area (TPSA) is 61.9 Å². The van der Waals surface area contributed by atoms with E-state index in [1.54, 1.807) is 31.4 Å². The minimum Gasteiger partial charge on any atom is -0.497 e. The van der Waals surface area contributed by atoms with E-state index in [0.717, 1.165) is 42.0 Å². The number of carbonyl (C=O) groups is 2. The second-order valence-electron chi connectivity index (χ2n) is 8.42. The molecule has 0 spiro atoms. The SMILES string of the molecule is CCC(C)N(Cc1cc(NC(=O)C2CC2)ccc1N(C)C)C(=O)c1ccc(OC)cc1. The van der Waals surface area contributed by atoms with Crippen molar-refractivity contribution in [1.29, 1.82) is 0 Å². The summed E-state index contributed by atoms with van der Waals surface area (Å²) >= 11 is 0. The van der Waals surface area contributed by atoms with E-state index in [4.69, 9.17) is 4.74 Å². The summed E-state index contributed by atoms with van der Waals surface area (Å²) in [5, 5.41) is 3.03. The zero-order chi connectivity index (χ0) is 22.5. The maximum Gasteiger partial charge on any atom is 0.254 e. The van der Waals surface area contributed by atoms with Gasteiger partial charge >= 0.3 is 0 Å². The minimum absolute atomic E-state index is 0.0193. The smallest absolute Gasteiger partial charge is 0.254 e. The van der Waals surface area contributed by atoms with Gasteiger partial charge in [0.2, 0.25) is 5.91 Å². The molecule has 6 nitrogen and oxygen atoms in total. The average molecular weight is 424 g/mol. The summed E-state index contributed by atoms with van der Waals surface area (Å²) in [6.07, 6.45) is 2.77. The van der Waals surface area contributed by atoms with Crippen LogP contribution in [0.3, 0.4) is 0 Å². The molecule has 1 saturated carbocycles. The molecule has 1 aliphatic carbocycles. The van der Waals surface area contributed by atoms with Gasteiger partial charge in [0.15, 0.2) is 0 Å². The molecule has 31 heavy (non-hydrogen) atoms. The van der Waals surface area contributed by atoms with Crippen LogP contribution in [0.25, 0.3) is 0 Å². The zero-order valence-corrected chi connectivity index (χ0v) is 19.1. The van der Waals surface area contributed by atoms with Crippen molar-refractivity contribution in [2.45, 2.75) is 45.7 Å². The van der Waals surface area contributed by atoms with Crippen LogP contribution in [0.15, 0.2) is 42.5 Å². The fraction of sp³-hybridized carbons (Fsp3) is 0.440. The molecule has 0 aromatic heterocycles. The summed E-state index contributed by atoms with van der Waals surface area (Å²) in [5.41, 5.74) is 3.44. The van der Waals surface area contributed by atoms with Crippen LogP contribution in [0.4, 0.5) is 11.4 Å². The Bertz CT molecular complexity index is 920. The molecule has 0 bridgehead atoms. The van der Waals surface area contributed by atoms with E-state index in [9.17, 15) is 9.59 Å². The number of benzene rings is 2. The Kier molecular flexibility index (Phi) is 7.21. The molecule has 2 amide bonds. The number of hydrogen-bond acceptors (Lipinski definition) is 4. The molecule has 1 aliphatic rings. The number of rotatable bonds is 9. The molecule has 1 atom stereocenters. The lowest BCUT2D eigenvalue weighted by atomic mass is 10.1. The molecule has 2 aromatic rings. The van der Waals surface area contributed by atoms with Gasteiger partial charge in [-0.25, -0.2) is 0 Å². The monoisotopic (exact) mass is 423 g/mol. The summed E-state index contributed by atoms with van der Waals surface area (Å²) in [6, 6.07) is 13.2. The van der Waals surface area contributed by atoms with Gasteiger partial charge in [0.25, 0.3) is 5.91 Å². The molecule has 0 saturated heterocycles. The Labute approximate surface area is 185 Å². The lowest BCUT2D eigenvalue weighted by molar-refractivity contribution is -0.117. The highest BCUT2D eigenvalue weighted by atomic mass is 16.5. The number of amides is 2. The third-order valence-corrected chi connectivity index (χ3v) is 5.84. The Balaban J connectivity index is 1.89. The van der Waals surface area contributed by atoms with Crippen molar-refractivity contribution in [2.75, 3.05) is 31.4 Å². The highest BCUT2D eigenvalue weighted by molar-refractivity contribution is 5.95. The summed E-state index contributed by atoms with van der Waals surface area (Å²) < 4.78 is 5.22. The number of carbonyl (C=O) groups excluding carboxylic acids is 2. The van der Waals surface area contributed by atoms with Gasteiger partial charge in [0.05, 0.1) is 7.11 Å². The van der Waals surface area contributed by atoms with E-state index in [0.29, 0.717) is 12.1 Å². The maximum absolute atomic E-state index is 13.4. The number of methoxy groups -OCH3 is 1. The molecule has 166 valence electrons. The van der Waals surface area contributed by atoms with Crippen molar-refractivity contribution in [1.82, 2.24) is 4.90 Å². The molecule has 1 N–H and O–H groups in total. The summed E-state index contributed by atoms with van der Waals surface area (Å²) in [5.74, 6) is 0.927. The molecule has 6 heteroatoms. The molecule has 2 aromatic carbocycles. The number of nitrogens with zero attached hydrogens (tertiary/aromatic N) is 2. The van der Waals surface area contributed by atoms with Crippen LogP contribution in [0.2, 0.25) is 0 Å². The molecule has 0 radical (unpaired) electrons. The largest absolute Gasteiger partial charge is 0.497 e. The van der Waals surface area contributed by atoms with Gasteiger partial charge in [-0.1, -0.05) is 6.92 Å². The van der Waals surface area contributed by atoms with Crippen LogP contribution in [-0.4, -0.2) is 44.0 Å². The Morgan fingerprint density at radius 1 is 1.13 bits per heavy atom. The van der Waals surface area contributed by atoms with E-state index in [2.05, 4.69) is 19.2 Å². The molecule has 0 heterocycles. The zero-order valence-electron chi connectivity index (χ0n) is 19.1. The van der Waals surface area contributed by atoms with Gasteiger partial charge in [-0.3, -0.25) is 9.59 Å². The Hall–Kier alpha value is -3.02. The highest BCUT2D eigenvalue weighted by Gasteiger charge is 2.30. The van der Waals surface area contributed by atoms with E-state index >= 15 is 0 Å². The lowest BCUT2D eigenvalue weighted by Gasteiger charge is -2.31. The van der Waals surface area contributed by atoms with Crippen LogP contribution in [0.1, 0.15) is 49.0 Å². The first-order valence-electron chi connectivity index (χ1n) is 10.9.